The number of carbonyl (C=O) groups is 1. The third kappa shape index (κ3) is 5.07. The quantitative estimate of drug-likeness (QED) is 0.432. The summed E-state index contributed by atoms with van der Waals surface area (Å²) in [5, 5.41) is 11.3. The van der Waals surface area contributed by atoms with Crippen molar-refractivity contribution >= 4 is 34.1 Å². The van der Waals surface area contributed by atoms with Gasteiger partial charge < -0.3 is 4.74 Å². The lowest BCUT2D eigenvalue weighted by molar-refractivity contribution is -0.122. The second kappa shape index (κ2) is 8.84. The van der Waals surface area contributed by atoms with Gasteiger partial charge in [0, 0.05) is 5.75 Å². The van der Waals surface area contributed by atoms with Crippen LogP contribution >= 0.6 is 23.1 Å². The van der Waals surface area contributed by atoms with Crippen molar-refractivity contribution in [1.82, 2.24) is 10.2 Å². The Labute approximate surface area is 150 Å². The Morgan fingerprint density at radius 3 is 2.96 bits per heavy atom. The molecule has 0 radical (unpaired) electrons. The molecule has 7 heteroatoms. The average molecular weight is 364 g/mol. The second-order valence-corrected chi connectivity index (χ2v) is 7.49. The summed E-state index contributed by atoms with van der Waals surface area (Å²) in [5.74, 6) is 1.28. The Morgan fingerprint density at radius 1 is 1.46 bits per heavy atom. The van der Waals surface area contributed by atoms with Crippen LogP contribution in [0, 0.1) is 13.8 Å². The molecule has 1 aromatic carbocycles. The van der Waals surface area contributed by atoms with E-state index in [1.54, 1.807) is 6.08 Å². The predicted molar refractivity (Wildman–Crippen MR) is 100 cm³/mol. The van der Waals surface area contributed by atoms with E-state index in [0.717, 1.165) is 27.0 Å². The number of nitrogens with one attached hydrogen (secondary N) is 1. The summed E-state index contributed by atoms with van der Waals surface area (Å²) < 4.78 is 6.71. The third-order valence-corrected chi connectivity index (χ3v) is 5.21. The number of benzene rings is 1. The van der Waals surface area contributed by atoms with Crippen LogP contribution in [0.25, 0.3) is 0 Å². The minimum atomic E-state index is -0.571. The van der Waals surface area contributed by atoms with E-state index in [-0.39, 0.29) is 5.91 Å². The van der Waals surface area contributed by atoms with Crippen LogP contribution < -0.4 is 10.1 Å². The molecule has 0 bridgehead atoms. The minimum absolute atomic E-state index is 0.213. The van der Waals surface area contributed by atoms with Gasteiger partial charge in [0.1, 0.15) is 5.75 Å². The first kappa shape index (κ1) is 18.5. The summed E-state index contributed by atoms with van der Waals surface area (Å²) in [5.41, 5.74) is 2.10. The molecule has 1 atom stereocenters. The maximum atomic E-state index is 12.4. The van der Waals surface area contributed by atoms with Crippen molar-refractivity contribution in [3.05, 3.63) is 42.0 Å². The van der Waals surface area contributed by atoms with Crippen molar-refractivity contribution in [2.75, 3.05) is 11.1 Å². The molecule has 5 nitrogen and oxygen atoms in total. The van der Waals surface area contributed by atoms with Gasteiger partial charge in [-0.3, -0.25) is 10.1 Å². The minimum Gasteiger partial charge on any atom is -0.480 e. The molecule has 0 spiro atoms. The zero-order valence-electron chi connectivity index (χ0n) is 14.0. The Balaban J connectivity index is 2.01. The van der Waals surface area contributed by atoms with E-state index >= 15 is 0 Å². The highest BCUT2D eigenvalue weighted by Gasteiger charge is 2.21. The van der Waals surface area contributed by atoms with Crippen LogP contribution in [-0.2, 0) is 4.79 Å². The zero-order valence-corrected chi connectivity index (χ0v) is 15.7. The van der Waals surface area contributed by atoms with Crippen LogP contribution in [0.3, 0.4) is 0 Å². The molecule has 128 valence electrons. The molecule has 1 N–H and O–H groups in total. The van der Waals surface area contributed by atoms with Crippen LogP contribution in [-0.4, -0.2) is 28.0 Å². The number of amides is 1. The van der Waals surface area contributed by atoms with Crippen molar-refractivity contribution in [2.45, 2.75) is 37.6 Å². The van der Waals surface area contributed by atoms with Gasteiger partial charge in [-0.15, -0.1) is 16.8 Å². The molecule has 0 aliphatic rings. The summed E-state index contributed by atoms with van der Waals surface area (Å²) in [6.07, 6.45) is 1.80. The standard InChI is InChI=1S/C17H21N3O2S2/c1-5-9-23-17-20-19-16(24-17)18-15(21)13(6-2)22-14-10-11(3)7-8-12(14)4/h5,7-8,10,13H,1,6,9H2,2-4H3,(H,18,19,21)/t13-/m1/s1. The molecule has 0 aliphatic carbocycles. The van der Waals surface area contributed by atoms with Crippen molar-refractivity contribution < 1.29 is 9.53 Å². The van der Waals surface area contributed by atoms with E-state index in [2.05, 4.69) is 22.1 Å². The van der Waals surface area contributed by atoms with E-state index in [4.69, 9.17) is 4.74 Å². The topological polar surface area (TPSA) is 64.1 Å². The van der Waals surface area contributed by atoms with Crippen LogP contribution in [0.4, 0.5) is 5.13 Å². The SMILES string of the molecule is C=CCSc1nnc(NC(=O)[C@@H](CC)Oc2cc(C)ccc2C)s1. The first-order chi connectivity index (χ1) is 11.5. The lowest BCUT2D eigenvalue weighted by Gasteiger charge is -2.18. The Kier molecular flexibility index (Phi) is 6.81. The van der Waals surface area contributed by atoms with Crippen molar-refractivity contribution in [1.29, 1.82) is 0 Å². The van der Waals surface area contributed by atoms with Crippen LogP contribution in [0.5, 0.6) is 5.75 Å². The summed E-state index contributed by atoms with van der Waals surface area (Å²) in [7, 11) is 0. The molecule has 2 rings (SSSR count). The molecule has 0 unspecified atom stereocenters. The fourth-order valence-corrected chi connectivity index (χ4v) is 3.46. The lowest BCUT2D eigenvalue weighted by Crippen LogP contribution is -2.32. The smallest absolute Gasteiger partial charge is 0.267 e. The Morgan fingerprint density at radius 2 is 2.25 bits per heavy atom. The molecule has 24 heavy (non-hydrogen) atoms. The maximum Gasteiger partial charge on any atom is 0.267 e. The van der Waals surface area contributed by atoms with Crippen LogP contribution in [0.1, 0.15) is 24.5 Å². The Hall–Kier alpha value is -1.86. The number of ether oxygens (including phenoxy) is 1. The second-order valence-electron chi connectivity index (χ2n) is 5.25. The van der Waals surface area contributed by atoms with Crippen molar-refractivity contribution in [3.8, 4) is 5.75 Å². The van der Waals surface area contributed by atoms with Gasteiger partial charge in [-0.1, -0.05) is 48.2 Å². The molecule has 1 amide bonds. The molecular formula is C17H21N3O2S2. The van der Waals surface area contributed by atoms with Crippen molar-refractivity contribution in [3.63, 3.8) is 0 Å². The van der Waals surface area contributed by atoms with Gasteiger partial charge in [-0.2, -0.15) is 0 Å². The number of anilines is 1. The number of hydrogen-bond acceptors (Lipinski definition) is 6. The number of aromatic nitrogens is 2. The van der Waals surface area contributed by atoms with Crippen LogP contribution in [0.15, 0.2) is 35.2 Å². The average Bonchev–Trinajstić information content (AvgIpc) is 3.00. The monoisotopic (exact) mass is 363 g/mol. The zero-order chi connectivity index (χ0) is 17.5. The van der Waals surface area contributed by atoms with Crippen molar-refractivity contribution in [2.24, 2.45) is 0 Å². The number of rotatable bonds is 8. The molecule has 0 aliphatic heterocycles. The molecule has 2 aromatic rings. The number of carbonyl (C=O) groups excluding carboxylic acids is 1. The van der Waals surface area contributed by atoms with Crippen LogP contribution in [0.2, 0.25) is 0 Å². The van der Waals surface area contributed by atoms with Gasteiger partial charge in [0.15, 0.2) is 10.4 Å². The summed E-state index contributed by atoms with van der Waals surface area (Å²) in [6.45, 7) is 9.55. The fraction of sp³-hybridized carbons (Fsp3) is 0.353. The normalized spacial score (nSPS) is 11.8. The van der Waals surface area contributed by atoms with Gasteiger partial charge in [-0.25, -0.2) is 0 Å². The molecule has 0 saturated carbocycles. The van der Waals surface area contributed by atoms with Gasteiger partial charge in [-0.05, 0) is 37.5 Å². The molecule has 0 saturated heterocycles. The van der Waals surface area contributed by atoms with Gasteiger partial charge in [0.25, 0.3) is 5.91 Å². The molecule has 0 fully saturated rings. The largest absolute Gasteiger partial charge is 0.480 e. The van der Waals surface area contributed by atoms with E-state index in [9.17, 15) is 4.79 Å². The molecule has 1 aromatic heterocycles. The predicted octanol–water partition coefficient (Wildman–Crippen LogP) is 4.23. The highest BCUT2D eigenvalue weighted by atomic mass is 32.2. The van der Waals surface area contributed by atoms with Gasteiger partial charge in [0.05, 0.1) is 0 Å². The summed E-state index contributed by atoms with van der Waals surface area (Å²) >= 11 is 2.88. The Bertz CT molecular complexity index is 716. The molecular weight excluding hydrogens is 342 g/mol. The number of nitrogens with zero attached hydrogens (tertiary/aromatic N) is 2. The number of hydrogen-bond donors (Lipinski definition) is 1. The van der Waals surface area contributed by atoms with Gasteiger partial charge in [0.2, 0.25) is 5.13 Å². The van der Waals surface area contributed by atoms with Gasteiger partial charge >= 0.3 is 0 Å². The maximum absolute atomic E-state index is 12.4. The van der Waals surface area contributed by atoms with E-state index in [1.807, 2.05) is 39.0 Å². The van der Waals surface area contributed by atoms with E-state index in [0.29, 0.717) is 11.6 Å². The first-order valence-electron chi connectivity index (χ1n) is 7.65. The first-order valence-corrected chi connectivity index (χ1v) is 9.45. The highest BCUT2D eigenvalue weighted by Crippen LogP contribution is 2.26. The number of aryl methyl sites for hydroxylation is 2. The third-order valence-electron chi connectivity index (χ3n) is 3.24. The molecule has 1 heterocycles. The van der Waals surface area contributed by atoms with E-state index < -0.39 is 6.10 Å². The summed E-state index contributed by atoms with van der Waals surface area (Å²) in [4.78, 5) is 12.4. The fourth-order valence-electron chi connectivity index (χ4n) is 1.94. The number of thioether (sulfide) groups is 1. The summed E-state index contributed by atoms with van der Waals surface area (Å²) in [6, 6.07) is 5.95. The highest BCUT2D eigenvalue weighted by molar-refractivity contribution is 8.01. The van der Waals surface area contributed by atoms with E-state index in [1.165, 1.54) is 23.1 Å². The lowest BCUT2D eigenvalue weighted by atomic mass is 10.1.